The van der Waals surface area contributed by atoms with Gasteiger partial charge in [-0.1, -0.05) is 17.7 Å². The molecule has 1 aromatic carbocycles. The summed E-state index contributed by atoms with van der Waals surface area (Å²) in [6, 6.07) is 7.37. The molecule has 88 valence electrons. The summed E-state index contributed by atoms with van der Waals surface area (Å²) in [4.78, 5) is 12.6. The van der Waals surface area contributed by atoms with Crippen LogP contribution in [0.5, 0.6) is 0 Å². The molecule has 1 N–H and O–H groups in total. The highest BCUT2D eigenvalue weighted by Gasteiger charge is 2.13. The first kappa shape index (κ1) is 12.6. The number of nitrogens with one attached hydrogen (secondary N) is 1. The minimum Gasteiger partial charge on any atom is -0.320 e. The summed E-state index contributed by atoms with van der Waals surface area (Å²) in [7, 11) is 0. The molecule has 2 rings (SSSR count). The minimum absolute atomic E-state index is 0.153. The molecule has 2 aromatic rings. The van der Waals surface area contributed by atoms with Gasteiger partial charge >= 0.3 is 0 Å². The summed E-state index contributed by atoms with van der Waals surface area (Å²) in [5.74, 6) is -0.153. The first-order valence-corrected chi connectivity index (χ1v) is 6.93. The van der Waals surface area contributed by atoms with Gasteiger partial charge in [-0.15, -0.1) is 11.3 Å². The van der Waals surface area contributed by atoms with Crippen LogP contribution in [0.15, 0.2) is 34.1 Å². The smallest absolute Gasteiger partial charge is 0.266 e. The second kappa shape index (κ2) is 5.21. The Balaban J connectivity index is 2.24. The molecule has 1 amide bonds. The molecule has 0 aliphatic rings. The maximum atomic E-state index is 12.0. The van der Waals surface area contributed by atoms with Crippen molar-refractivity contribution in [1.29, 1.82) is 0 Å². The molecule has 0 unspecified atom stereocenters. The van der Waals surface area contributed by atoms with Crippen molar-refractivity contribution in [2.24, 2.45) is 0 Å². The molecule has 5 heteroatoms. The predicted octanol–water partition coefficient (Wildman–Crippen LogP) is 4.72. The zero-order valence-electron chi connectivity index (χ0n) is 8.96. The quantitative estimate of drug-likeness (QED) is 0.847. The molecule has 0 saturated heterocycles. The van der Waals surface area contributed by atoms with Gasteiger partial charge in [0.25, 0.3) is 5.91 Å². The Morgan fingerprint density at radius 2 is 2.18 bits per heavy atom. The Morgan fingerprint density at radius 1 is 1.41 bits per heavy atom. The number of rotatable bonds is 2. The molecule has 0 spiro atoms. The SMILES string of the molecule is Cc1ccc(Cl)c(NC(=O)c2sccc2Br)c1. The van der Waals surface area contributed by atoms with Crippen LogP contribution in [0.25, 0.3) is 0 Å². The van der Waals surface area contributed by atoms with E-state index in [0.717, 1.165) is 10.0 Å². The van der Waals surface area contributed by atoms with Crippen molar-refractivity contribution in [3.63, 3.8) is 0 Å². The van der Waals surface area contributed by atoms with E-state index in [1.807, 2.05) is 30.5 Å². The molecule has 17 heavy (non-hydrogen) atoms. The van der Waals surface area contributed by atoms with E-state index in [9.17, 15) is 4.79 Å². The largest absolute Gasteiger partial charge is 0.320 e. The van der Waals surface area contributed by atoms with Crippen molar-refractivity contribution in [1.82, 2.24) is 0 Å². The lowest BCUT2D eigenvalue weighted by atomic mass is 10.2. The highest BCUT2D eigenvalue weighted by Crippen LogP contribution is 2.27. The van der Waals surface area contributed by atoms with E-state index in [-0.39, 0.29) is 5.91 Å². The lowest BCUT2D eigenvalue weighted by Crippen LogP contribution is -2.11. The van der Waals surface area contributed by atoms with Crippen molar-refractivity contribution >= 4 is 50.5 Å². The minimum atomic E-state index is -0.153. The van der Waals surface area contributed by atoms with Crippen LogP contribution in [0, 0.1) is 6.92 Å². The number of anilines is 1. The number of benzene rings is 1. The van der Waals surface area contributed by atoms with Gasteiger partial charge in [0.15, 0.2) is 0 Å². The third-order valence-electron chi connectivity index (χ3n) is 2.19. The van der Waals surface area contributed by atoms with Crippen LogP contribution in [0.4, 0.5) is 5.69 Å². The van der Waals surface area contributed by atoms with Gasteiger partial charge in [-0.25, -0.2) is 0 Å². The fourth-order valence-corrected chi connectivity index (χ4v) is 2.98. The van der Waals surface area contributed by atoms with Crippen LogP contribution >= 0.6 is 38.9 Å². The van der Waals surface area contributed by atoms with E-state index in [2.05, 4.69) is 21.2 Å². The number of halogens is 2. The van der Waals surface area contributed by atoms with E-state index in [0.29, 0.717) is 15.6 Å². The molecule has 0 fully saturated rings. The van der Waals surface area contributed by atoms with Crippen LogP contribution in [0.2, 0.25) is 5.02 Å². The van der Waals surface area contributed by atoms with E-state index >= 15 is 0 Å². The van der Waals surface area contributed by atoms with Crippen LogP contribution in [-0.4, -0.2) is 5.91 Å². The predicted molar refractivity (Wildman–Crippen MR) is 76.2 cm³/mol. The van der Waals surface area contributed by atoms with Crippen molar-refractivity contribution in [2.75, 3.05) is 5.32 Å². The second-order valence-corrected chi connectivity index (χ2v) is 5.71. The van der Waals surface area contributed by atoms with Gasteiger partial charge in [0, 0.05) is 4.47 Å². The fraction of sp³-hybridized carbons (Fsp3) is 0.0833. The van der Waals surface area contributed by atoms with Gasteiger partial charge in [-0.2, -0.15) is 0 Å². The summed E-state index contributed by atoms with van der Waals surface area (Å²) >= 11 is 10.7. The summed E-state index contributed by atoms with van der Waals surface area (Å²) < 4.78 is 0.795. The first-order chi connectivity index (χ1) is 8.08. The number of carbonyl (C=O) groups excluding carboxylic acids is 1. The number of hydrogen-bond donors (Lipinski definition) is 1. The zero-order valence-corrected chi connectivity index (χ0v) is 12.1. The van der Waals surface area contributed by atoms with Crippen molar-refractivity contribution < 1.29 is 4.79 Å². The van der Waals surface area contributed by atoms with Gasteiger partial charge < -0.3 is 5.32 Å². The van der Waals surface area contributed by atoms with Gasteiger partial charge in [0.2, 0.25) is 0 Å². The Labute approximate surface area is 117 Å². The molecule has 0 bridgehead atoms. The third-order valence-corrected chi connectivity index (χ3v) is 4.36. The Bertz CT molecular complexity index is 567. The molecule has 0 atom stereocenters. The number of aryl methyl sites for hydroxylation is 1. The van der Waals surface area contributed by atoms with Crippen molar-refractivity contribution in [2.45, 2.75) is 6.92 Å². The van der Waals surface area contributed by atoms with Crippen LogP contribution in [-0.2, 0) is 0 Å². The third kappa shape index (κ3) is 2.89. The summed E-state index contributed by atoms with van der Waals surface area (Å²) in [6.45, 7) is 1.95. The fourth-order valence-electron chi connectivity index (χ4n) is 1.37. The van der Waals surface area contributed by atoms with E-state index < -0.39 is 0 Å². The molecular formula is C12H9BrClNOS. The van der Waals surface area contributed by atoms with E-state index in [1.165, 1.54) is 11.3 Å². The van der Waals surface area contributed by atoms with Gasteiger partial charge in [-0.3, -0.25) is 4.79 Å². The number of hydrogen-bond acceptors (Lipinski definition) is 2. The average molecular weight is 331 g/mol. The van der Waals surface area contributed by atoms with Crippen LogP contribution in [0.3, 0.4) is 0 Å². The monoisotopic (exact) mass is 329 g/mol. The summed E-state index contributed by atoms with van der Waals surface area (Å²) in [5.41, 5.74) is 1.69. The van der Waals surface area contributed by atoms with Crippen LogP contribution < -0.4 is 5.32 Å². The average Bonchev–Trinajstić information content (AvgIpc) is 2.70. The van der Waals surface area contributed by atoms with E-state index in [1.54, 1.807) is 6.07 Å². The number of thiophene rings is 1. The molecule has 0 aliphatic heterocycles. The molecular weight excluding hydrogens is 322 g/mol. The second-order valence-electron chi connectivity index (χ2n) is 3.54. The molecule has 1 heterocycles. The highest BCUT2D eigenvalue weighted by atomic mass is 79.9. The van der Waals surface area contributed by atoms with Gasteiger partial charge in [-0.05, 0) is 52.0 Å². The van der Waals surface area contributed by atoms with Gasteiger partial charge in [0.1, 0.15) is 4.88 Å². The van der Waals surface area contributed by atoms with Crippen molar-refractivity contribution in [3.05, 3.63) is 49.6 Å². The lowest BCUT2D eigenvalue weighted by Gasteiger charge is -2.07. The molecule has 0 aliphatic carbocycles. The Kier molecular flexibility index (Phi) is 3.86. The van der Waals surface area contributed by atoms with Gasteiger partial charge in [0.05, 0.1) is 10.7 Å². The van der Waals surface area contributed by atoms with Crippen LogP contribution in [0.1, 0.15) is 15.2 Å². The standard InChI is InChI=1S/C12H9BrClNOS/c1-7-2-3-9(14)10(6-7)15-12(16)11-8(13)4-5-17-11/h2-6H,1H3,(H,15,16). The zero-order chi connectivity index (χ0) is 12.4. The molecule has 2 nitrogen and oxygen atoms in total. The summed E-state index contributed by atoms with van der Waals surface area (Å²) in [5, 5.41) is 5.20. The lowest BCUT2D eigenvalue weighted by molar-refractivity contribution is 0.103. The number of carbonyl (C=O) groups is 1. The normalized spacial score (nSPS) is 10.3. The molecule has 0 saturated carbocycles. The maximum Gasteiger partial charge on any atom is 0.266 e. The molecule has 1 aromatic heterocycles. The van der Waals surface area contributed by atoms with E-state index in [4.69, 9.17) is 11.6 Å². The topological polar surface area (TPSA) is 29.1 Å². The highest BCUT2D eigenvalue weighted by molar-refractivity contribution is 9.10. The number of amides is 1. The Hall–Kier alpha value is -0.840. The maximum absolute atomic E-state index is 12.0. The first-order valence-electron chi connectivity index (χ1n) is 4.88. The summed E-state index contributed by atoms with van der Waals surface area (Å²) in [6.07, 6.45) is 0. The van der Waals surface area contributed by atoms with Crippen molar-refractivity contribution in [3.8, 4) is 0 Å². The molecule has 0 radical (unpaired) electrons. The Morgan fingerprint density at radius 3 is 2.82 bits per heavy atom.